The van der Waals surface area contributed by atoms with Gasteiger partial charge in [-0.25, -0.2) is 13.2 Å². The van der Waals surface area contributed by atoms with Crippen molar-refractivity contribution in [3.63, 3.8) is 0 Å². The Hall–Kier alpha value is -1.97. The minimum Gasteiger partial charge on any atom is -0.452 e. The zero-order valence-corrected chi connectivity index (χ0v) is 16.6. The van der Waals surface area contributed by atoms with Gasteiger partial charge in [-0.05, 0) is 43.9 Å². The van der Waals surface area contributed by atoms with Crippen LogP contribution in [0.5, 0.6) is 0 Å². The molecule has 28 heavy (non-hydrogen) atoms. The van der Waals surface area contributed by atoms with Crippen LogP contribution in [0.1, 0.15) is 42.5 Å². The molecule has 2 aliphatic heterocycles. The molecule has 0 aromatic heterocycles. The van der Waals surface area contributed by atoms with Gasteiger partial charge in [0.15, 0.2) is 6.61 Å². The summed E-state index contributed by atoms with van der Waals surface area (Å²) >= 11 is 0. The molecule has 0 bridgehead atoms. The topological polar surface area (TPSA) is 102 Å². The average molecular weight is 410 g/mol. The van der Waals surface area contributed by atoms with Gasteiger partial charge < -0.3 is 14.8 Å². The van der Waals surface area contributed by atoms with Crippen LogP contribution in [0.4, 0.5) is 0 Å². The number of sulfonamides is 1. The van der Waals surface area contributed by atoms with Gasteiger partial charge in [-0.3, -0.25) is 4.79 Å². The lowest BCUT2D eigenvalue weighted by Crippen LogP contribution is -2.35. The maximum absolute atomic E-state index is 12.7. The van der Waals surface area contributed by atoms with Crippen LogP contribution in [0.25, 0.3) is 0 Å². The van der Waals surface area contributed by atoms with Crippen molar-refractivity contribution >= 4 is 21.9 Å². The molecule has 1 aromatic carbocycles. The molecule has 2 saturated heterocycles. The number of esters is 1. The third kappa shape index (κ3) is 5.30. The first kappa shape index (κ1) is 20.8. The SMILES string of the molecule is O=C(COC(=O)c1cccc(S(=O)(=O)N2CCCCC2)c1)NC[C@H]1CCCO1. The fourth-order valence-electron chi connectivity index (χ4n) is 3.34. The number of amides is 1. The number of nitrogens with zero attached hydrogens (tertiary/aromatic N) is 1. The van der Waals surface area contributed by atoms with Gasteiger partial charge in [-0.15, -0.1) is 0 Å². The summed E-state index contributed by atoms with van der Waals surface area (Å²) < 4.78 is 37.3. The first-order valence-corrected chi connectivity index (χ1v) is 11.1. The molecule has 1 aromatic rings. The summed E-state index contributed by atoms with van der Waals surface area (Å²) in [7, 11) is -3.64. The van der Waals surface area contributed by atoms with Crippen LogP contribution in [0.3, 0.4) is 0 Å². The number of ether oxygens (including phenoxy) is 2. The summed E-state index contributed by atoms with van der Waals surface area (Å²) in [5, 5.41) is 2.67. The van der Waals surface area contributed by atoms with Crippen molar-refractivity contribution in [3.8, 4) is 0 Å². The molecule has 0 spiro atoms. The normalized spacial score (nSPS) is 20.6. The highest BCUT2D eigenvalue weighted by Gasteiger charge is 2.26. The molecule has 1 N–H and O–H groups in total. The van der Waals surface area contributed by atoms with E-state index in [2.05, 4.69) is 5.32 Å². The smallest absolute Gasteiger partial charge is 0.338 e. The van der Waals surface area contributed by atoms with Crippen molar-refractivity contribution in [1.82, 2.24) is 9.62 Å². The predicted octanol–water partition coefficient (Wildman–Crippen LogP) is 1.31. The number of benzene rings is 1. The lowest BCUT2D eigenvalue weighted by atomic mass is 10.2. The monoisotopic (exact) mass is 410 g/mol. The van der Waals surface area contributed by atoms with E-state index in [-0.39, 0.29) is 16.6 Å². The van der Waals surface area contributed by atoms with E-state index in [0.29, 0.717) is 26.2 Å². The van der Waals surface area contributed by atoms with Gasteiger partial charge in [0.2, 0.25) is 10.0 Å². The highest BCUT2D eigenvalue weighted by Crippen LogP contribution is 2.21. The van der Waals surface area contributed by atoms with E-state index in [1.54, 1.807) is 0 Å². The predicted molar refractivity (Wildman–Crippen MR) is 101 cm³/mol. The Morgan fingerprint density at radius 1 is 1.18 bits per heavy atom. The Balaban J connectivity index is 1.55. The number of hydrogen-bond donors (Lipinski definition) is 1. The molecule has 0 unspecified atom stereocenters. The Bertz CT molecular complexity index is 798. The summed E-state index contributed by atoms with van der Waals surface area (Å²) in [5.41, 5.74) is 0.102. The molecule has 8 nitrogen and oxygen atoms in total. The van der Waals surface area contributed by atoms with E-state index >= 15 is 0 Å². The zero-order chi connectivity index (χ0) is 20.0. The van der Waals surface area contributed by atoms with E-state index < -0.39 is 28.5 Å². The minimum atomic E-state index is -3.64. The number of piperidine rings is 1. The number of carbonyl (C=O) groups excluding carboxylic acids is 2. The highest BCUT2D eigenvalue weighted by molar-refractivity contribution is 7.89. The average Bonchev–Trinajstić information content (AvgIpc) is 3.25. The van der Waals surface area contributed by atoms with Gasteiger partial charge in [-0.1, -0.05) is 12.5 Å². The van der Waals surface area contributed by atoms with Gasteiger partial charge in [-0.2, -0.15) is 4.31 Å². The number of hydrogen-bond acceptors (Lipinski definition) is 6. The van der Waals surface area contributed by atoms with Crippen molar-refractivity contribution < 1.29 is 27.5 Å². The molecule has 1 atom stereocenters. The van der Waals surface area contributed by atoms with Gasteiger partial charge in [0.05, 0.1) is 16.6 Å². The van der Waals surface area contributed by atoms with Crippen molar-refractivity contribution in [3.05, 3.63) is 29.8 Å². The molecule has 2 heterocycles. The van der Waals surface area contributed by atoms with Crippen LogP contribution in [-0.4, -0.2) is 63.6 Å². The van der Waals surface area contributed by atoms with E-state index in [0.717, 1.165) is 32.1 Å². The van der Waals surface area contributed by atoms with Crippen LogP contribution in [0, 0.1) is 0 Å². The third-order valence-corrected chi connectivity index (χ3v) is 6.80. The van der Waals surface area contributed by atoms with Crippen LogP contribution in [-0.2, 0) is 24.3 Å². The Morgan fingerprint density at radius 2 is 1.96 bits per heavy atom. The fraction of sp³-hybridized carbons (Fsp3) is 0.579. The van der Waals surface area contributed by atoms with E-state index in [1.807, 2.05) is 0 Å². The molecule has 0 aliphatic carbocycles. The largest absolute Gasteiger partial charge is 0.452 e. The summed E-state index contributed by atoms with van der Waals surface area (Å²) in [6.45, 7) is 1.64. The number of nitrogens with one attached hydrogen (secondary N) is 1. The summed E-state index contributed by atoms with van der Waals surface area (Å²) in [6, 6.07) is 5.75. The molecular formula is C19H26N2O6S. The van der Waals surface area contributed by atoms with Crippen molar-refractivity contribution in [2.45, 2.75) is 43.1 Å². The number of rotatable bonds is 7. The van der Waals surface area contributed by atoms with Crippen LogP contribution in [0.2, 0.25) is 0 Å². The third-order valence-electron chi connectivity index (χ3n) is 4.91. The van der Waals surface area contributed by atoms with E-state index in [4.69, 9.17) is 9.47 Å². The van der Waals surface area contributed by atoms with Crippen LogP contribution in [0.15, 0.2) is 29.2 Å². The molecule has 3 rings (SSSR count). The second kappa shape index (κ2) is 9.49. The first-order chi connectivity index (χ1) is 13.5. The maximum Gasteiger partial charge on any atom is 0.338 e. The molecule has 0 radical (unpaired) electrons. The Morgan fingerprint density at radius 3 is 2.68 bits per heavy atom. The number of carbonyl (C=O) groups is 2. The second-order valence-electron chi connectivity index (χ2n) is 7.01. The Labute approximate surface area is 165 Å². The minimum absolute atomic E-state index is 0.0105. The van der Waals surface area contributed by atoms with Crippen LogP contribution >= 0.6 is 0 Å². The molecular weight excluding hydrogens is 384 g/mol. The molecule has 154 valence electrons. The fourth-order valence-corrected chi connectivity index (χ4v) is 4.90. The van der Waals surface area contributed by atoms with Crippen molar-refractivity contribution in [1.29, 1.82) is 0 Å². The van der Waals surface area contributed by atoms with Gasteiger partial charge >= 0.3 is 5.97 Å². The quantitative estimate of drug-likeness (QED) is 0.680. The van der Waals surface area contributed by atoms with Gasteiger partial charge in [0.25, 0.3) is 5.91 Å². The molecule has 2 fully saturated rings. The lowest BCUT2D eigenvalue weighted by molar-refractivity contribution is -0.124. The zero-order valence-electron chi connectivity index (χ0n) is 15.8. The summed E-state index contributed by atoms with van der Waals surface area (Å²) in [6.07, 6.45) is 4.58. The standard InChI is InChI=1S/C19H26N2O6S/c22-18(20-13-16-7-5-11-26-16)14-27-19(23)15-6-4-8-17(12-15)28(24,25)21-9-2-1-3-10-21/h4,6,8,12,16H,1-3,5,7,9-11,13-14H2,(H,20,22)/t16-/m1/s1. The molecule has 2 aliphatic rings. The van der Waals surface area contributed by atoms with Crippen molar-refractivity contribution in [2.75, 3.05) is 32.8 Å². The highest BCUT2D eigenvalue weighted by atomic mass is 32.2. The van der Waals surface area contributed by atoms with Crippen molar-refractivity contribution in [2.24, 2.45) is 0 Å². The summed E-state index contributed by atoms with van der Waals surface area (Å²) in [5.74, 6) is -1.15. The van der Waals surface area contributed by atoms with Gasteiger partial charge in [0, 0.05) is 26.2 Å². The maximum atomic E-state index is 12.7. The molecule has 9 heteroatoms. The van der Waals surface area contributed by atoms with Crippen LogP contribution < -0.4 is 5.32 Å². The summed E-state index contributed by atoms with van der Waals surface area (Å²) in [4.78, 5) is 24.1. The lowest BCUT2D eigenvalue weighted by Gasteiger charge is -2.25. The Kier molecular flexibility index (Phi) is 7.03. The molecule has 0 saturated carbocycles. The van der Waals surface area contributed by atoms with E-state index in [9.17, 15) is 18.0 Å². The van der Waals surface area contributed by atoms with Gasteiger partial charge in [0.1, 0.15) is 0 Å². The molecule has 1 amide bonds. The second-order valence-corrected chi connectivity index (χ2v) is 8.95. The first-order valence-electron chi connectivity index (χ1n) is 9.62. The van der Waals surface area contributed by atoms with E-state index in [1.165, 1.54) is 28.6 Å².